The number of ether oxygens (including phenoxy) is 1. The molecular weight excluding hydrogens is 348 g/mol. The normalized spacial score (nSPS) is 21.2. The second-order valence-electron chi connectivity index (χ2n) is 6.35. The number of carbonyl (C=O) groups excluding carboxylic acids is 2. The number of non-ortho nitro benzene ring substituents is 1. The largest absolute Gasteiger partial charge is 0.449 e. The maximum Gasteiger partial charge on any atom is 0.340 e. The van der Waals surface area contributed by atoms with E-state index in [1.807, 2.05) is 0 Å². The van der Waals surface area contributed by atoms with E-state index in [4.69, 9.17) is 16.3 Å². The van der Waals surface area contributed by atoms with Crippen LogP contribution in [0.1, 0.15) is 49.9 Å². The molecule has 1 aliphatic rings. The third-order valence-electron chi connectivity index (χ3n) is 4.47. The van der Waals surface area contributed by atoms with Gasteiger partial charge in [0.2, 0.25) is 0 Å². The highest BCUT2D eigenvalue weighted by Gasteiger charge is 2.27. The number of nitro benzene ring substituents is 1. The first-order valence-electron chi connectivity index (χ1n) is 8.25. The molecule has 0 spiro atoms. The Bertz CT molecular complexity index is 679. The minimum absolute atomic E-state index is 0.0316. The van der Waals surface area contributed by atoms with E-state index in [0.717, 1.165) is 31.7 Å². The van der Waals surface area contributed by atoms with Crippen molar-refractivity contribution >= 4 is 29.2 Å². The van der Waals surface area contributed by atoms with Gasteiger partial charge in [-0.1, -0.05) is 31.4 Å². The quantitative estimate of drug-likeness (QED) is 0.487. The summed E-state index contributed by atoms with van der Waals surface area (Å²) in [4.78, 5) is 34.6. The second kappa shape index (κ2) is 8.29. The van der Waals surface area contributed by atoms with E-state index in [1.54, 1.807) is 0 Å². The van der Waals surface area contributed by atoms with Crippen molar-refractivity contribution in [2.45, 2.75) is 51.7 Å². The summed E-state index contributed by atoms with van der Waals surface area (Å²) >= 11 is 5.91. The first-order valence-corrected chi connectivity index (χ1v) is 8.62. The summed E-state index contributed by atoms with van der Waals surface area (Å²) in [5.74, 6) is -0.867. The average molecular weight is 369 g/mol. The van der Waals surface area contributed by atoms with Crippen molar-refractivity contribution in [2.24, 2.45) is 5.92 Å². The van der Waals surface area contributed by atoms with Gasteiger partial charge >= 0.3 is 5.97 Å². The number of halogens is 1. The molecule has 8 heteroatoms. The zero-order chi connectivity index (χ0) is 18.6. The minimum atomic E-state index is -1.02. The highest BCUT2D eigenvalue weighted by Crippen LogP contribution is 2.25. The Kier molecular flexibility index (Phi) is 6.36. The molecule has 136 valence electrons. The lowest BCUT2D eigenvalue weighted by molar-refractivity contribution is -0.384. The van der Waals surface area contributed by atoms with Crippen LogP contribution in [0, 0.1) is 16.0 Å². The molecule has 1 amide bonds. The third-order valence-corrected chi connectivity index (χ3v) is 4.80. The molecule has 1 N–H and O–H groups in total. The van der Waals surface area contributed by atoms with E-state index >= 15 is 0 Å². The molecule has 3 unspecified atom stereocenters. The highest BCUT2D eigenvalue weighted by atomic mass is 35.5. The topological polar surface area (TPSA) is 98.5 Å². The molecular formula is C17H21ClN2O5. The van der Waals surface area contributed by atoms with Crippen LogP contribution in [0.3, 0.4) is 0 Å². The Hall–Kier alpha value is -2.15. The lowest BCUT2D eigenvalue weighted by atomic mass is 9.86. The van der Waals surface area contributed by atoms with E-state index in [0.29, 0.717) is 5.92 Å². The van der Waals surface area contributed by atoms with Gasteiger partial charge in [-0.25, -0.2) is 4.79 Å². The van der Waals surface area contributed by atoms with E-state index < -0.39 is 17.0 Å². The van der Waals surface area contributed by atoms with Crippen molar-refractivity contribution < 1.29 is 19.2 Å². The summed E-state index contributed by atoms with van der Waals surface area (Å²) in [6, 6.07) is 3.56. The van der Waals surface area contributed by atoms with Gasteiger partial charge in [0.05, 0.1) is 15.5 Å². The fourth-order valence-electron chi connectivity index (χ4n) is 2.89. The molecule has 1 saturated carbocycles. The fraction of sp³-hybridized carbons (Fsp3) is 0.529. The molecule has 0 saturated heterocycles. The number of benzene rings is 1. The van der Waals surface area contributed by atoms with Gasteiger partial charge in [0.15, 0.2) is 6.10 Å². The van der Waals surface area contributed by atoms with Crippen molar-refractivity contribution in [1.29, 1.82) is 0 Å². The van der Waals surface area contributed by atoms with Crippen LogP contribution in [-0.4, -0.2) is 28.9 Å². The smallest absolute Gasteiger partial charge is 0.340 e. The number of hydrogen-bond donors (Lipinski definition) is 1. The summed E-state index contributed by atoms with van der Waals surface area (Å²) in [5, 5.41) is 13.8. The minimum Gasteiger partial charge on any atom is -0.449 e. The Morgan fingerprint density at radius 2 is 2.04 bits per heavy atom. The maximum atomic E-state index is 12.3. The molecule has 0 bridgehead atoms. The molecule has 2 rings (SSSR count). The van der Waals surface area contributed by atoms with Crippen molar-refractivity contribution in [1.82, 2.24) is 5.32 Å². The summed E-state index contributed by atoms with van der Waals surface area (Å²) < 4.78 is 5.13. The summed E-state index contributed by atoms with van der Waals surface area (Å²) in [6.07, 6.45) is 3.17. The molecule has 0 aromatic heterocycles. The Morgan fingerprint density at radius 3 is 2.68 bits per heavy atom. The lowest BCUT2D eigenvalue weighted by Crippen LogP contribution is -2.46. The van der Waals surface area contributed by atoms with E-state index in [9.17, 15) is 19.7 Å². The standard InChI is InChI=1S/C17H21ClN2O5/c1-10-5-3-4-6-15(10)19-16(21)11(2)25-17(22)13-9-12(20(23)24)7-8-14(13)18/h7-11,15H,3-6H2,1-2H3,(H,19,21). The van der Waals surface area contributed by atoms with Crippen LogP contribution in [-0.2, 0) is 9.53 Å². The average Bonchev–Trinajstić information content (AvgIpc) is 2.56. The molecule has 0 heterocycles. The van der Waals surface area contributed by atoms with Gasteiger partial charge in [-0.3, -0.25) is 14.9 Å². The van der Waals surface area contributed by atoms with Crippen LogP contribution < -0.4 is 5.32 Å². The number of carbonyl (C=O) groups is 2. The first kappa shape index (κ1) is 19.2. The zero-order valence-corrected chi connectivity index (χ0v) is 14.9. The molecule has 0 radical (unpaired) electrons. The predicted molar refractivity (Wildman–Crippen MR) is 92.5 cm³/mol. The summed E-state index contributed by atoms with van der Waals surface area (Å²) in [6.45, 7) is 3.55. The van der Waals surface area contributed by atoms with Crippen molar-refractivity contribution in [2.75, 3.05) is 0 Å². The van der Waals surface area contributed by atoms with Gasteiger partial charge in [-0.2, -0.15) is 0 Å². The highest BCUT2D eigenvalue weighted by molar-refractivity contribution is 6.33. The van der Waals surface area contributed by atoms with Crippen LogP contribution in [0.2, 0.25) is 5.02 Å². The Morgan fingerprint density at radius 1 is 1.36 bits per heavy atom. The zero-order valence-electron chi connectivity index (χ0n) is 14.2. The summed E-state index contributed by atoms with van der Waals surface area (Å²) in [7, 11) is 0. The molecule has 1 aromatic carbocycles. The summed E-state index contributed by atoms with van der Waals surface area (Å²) in [5.41, 5.74) is -0.411. The van der Waals surface area contributed by atoms with E-state index in [1.165, 1.54) is 19.1 Å². The van der Waals surface area contributed by atoms with E-state index in [-0.39, 0.29) is 28.2 Å². The Balaban J connectivity index is 2.00. The first-order chi connectivity index (χ1) is 11.8. The van der Waals surface area contributed by atoms with Crippen molar-refractivity contribution in [3.8, 4) is 0 Å². The van der Waals surface area contributed by atoms with Crippen LogP contribution >= 0.6 is 11.6 Å². The number of rotatable bonds is 5. The van der Waals surface area contributed by atoms with Crippen molar-refractivity contribution in [3.63, 3.8) is 0 Å². The molecule has 0 aliphatic heterocycles. The van der Waals surface area contributed by atoms with Gasteiger partial charge in [0.1, 0.15) is 0 Å². The molecule has 7 nitrogen and oxygen atoms in total. The van der Waals surface area contributed by atoms with Gasteiger partial charge in [-0.05, 0) is 31.7 Å². The maximum absolute atomic E-state index is 12.3. The number of nitrogens with zero attached hydrogens (tertiary/aromatic N) is 1. The lowest BCUT2D eigenvalue weighted by Gasteiger charge is -2.30. The molecule has 1 aromatic rings. The van der Waals surface area contributed by atoms with Gasteiger partial charge in [-0.15, -0.1) is 0 Å². The predicted octanol–water partition coefficient (Wildman–Crippen LogP) is 3.49. The van der Waals surface area contributed by atoms with Crippen LogP contribution in [0.5, 0.6) is 0 Å². The fourth-order valence-corrected chi connectivity index (χ4v) is 3.09. The monoisotopic (exact) mass is 368 g/mol. The van der Waals surface area contributed by atoms with Crippen LogP contribution in [0.4, 0.5) is 5.69 Å². The molecule has 1 fully saturated rings. The van der Waals surface area contributed by atoms with Crippen molar-refractivity contribution in [3.05, 3.63) is 38.9 Å². The molecule has 1 aliphatic carbocycles. The number of esters is 1. The van der Waals surface area contributed by atoms with Crippen LogP contribution in [0.15, 0.2) is 18.2 Å². The van der Waals surface area contributed by atoms with E-state index in [2.05, 4.69) is 12.2 Å². The second-order valence-corrected chi connectivity index (χ2v) is 6.75. The van der Waals surface area contributed by atoms with Crippen LogP contribution in [0.25, 0.3) is 0 Å². The van der Waals surface area contributed by atoms with Gasteiger partial charge < -0.3 is 10.1 Å². The number of nitro groups is 1. The number of amides is 1. The number of hydrogen-bond acceptors (Lipinski definition) is 5. The molecule has 3 atom stereocenters. The molecule has 25 heavy (non-hydrogen) atoms. The third kappa shape index (κ3) is 4.92. The SMILES string of the molecule is CC(OC(=O)c1cc([N+](=O)[O-])ccc1Cl)C(=O)NC1CCCCC1C. The Labute approximate surface area is 150 Å². The van der Waals surface area contributed by atoms with Gasteiger partial charge in [0.25, 0.3) is 11.6 Å². The van der Waals surface area contributed by atoms with Gasteiger partial charge in [0, 0.05) is 18.2 Å². The number of nitrogens with one attached hydrogen (secondary N) is 1.